The van der Waals surface area contributed by atoms with Gasteiger partial charge in [0.25, 0.3) is 0 Å². The Balaban J connectivity index is 1.92. The van der Waals surface area contributed by atoms with Gasteiger partial charge in [0.1, 0.15) is 0 Å². The average molecular weight is 265 g/mol. The zero-order chi connectivity index (χ0) is 13.8. The van der Waals surface area contributed by atoms with Gasteiger partial charge in [0.05, 0.1) is 23.6 Å². The Bertz CT molecular complexity index is 419. The van der Waals surface area contributed by atoms with Crippen LogP contribution < -0.4 is 10.6 Å². The number of anilines is 1. The zero-order valence-corrected chi connectivity index (χ0v) is 11.9. The highest BCUT2D eigenvalue weighted by atomic mass is 16.2. The Hall–Kier alpha value is -1.40. The second-order valence-electron chi connectivity index (χ2n) is 5.14. The fraction of sp³-hybridized carbons (Fsp3) is 0.692. The smallest absolute Gasteiger partial charge is 0.238 e. The third-order valence-corrected chi connectivity index (χ3v) is 3.53. The molecule has 1 aliphatic rings. The fourth-order valence-electron chi connectivity index (χ4n) is 2.31. The summed E-state index contributed by atoms with van der Waals surface area (Å²) in [6, 6.07) is 0.497. The van der Waals surface area contributed by atoms with E-state index in [1.54, 1.807) is 0 Å². The number of aromatic nitrogens is 2. The van der Waals surface area contributed by atoms with Gasteiger partial charge in [0, 0.05) is 19.1 Å². The van der Waals surface area contributed by atoms with Crippen molar-refractivity contribution < 1.29 is 4.79 Å². The second-order valence-corrected chi connectivity index (χ2v) is 5.14. The van der Waals surface area contributed by atoms with Gasteiger partial charge in [-0.3, -0.25) is 14.8 Å². The summed E-state index contributed by atoms with van der Waals surface area (Å²) in [5, 5.41) is 13.2. The first-order valence-electron chi connectivity index (χ1n) is 6.88. The van der Waals surface area contributed by atoms with E-state index >= 15 is 0 Å². The molecule has 19 heavy (non-hydrogen) atoms. The molecule has 2 rings (SSSR count). The molecule has 0 spiro atoms. The molecular formula is C13H23N5O. The molecule has 0 radical (unpaired) electrons. The summed E-state index contributed by atoms with van der Waals surface area (Å²) < 4.78 is 0. The van der Waals surface area contributed by atoms with E-state index in [-0.39, 0.29) is 5.91 Å². The predicted octanol–water partition coefficient (Wildman–Crippen LogP) is 0.649. The molecule has 6 nitrogen and oxygen atoms in total. The second kappa shape index (κ2) is 6.16. The standard InChI is InChI=1S/C13H23N5O/c1-4-5-18(11-6-14-7-11)8-12(19)15-13-9(2)16-17-10(13)3/h11,14H,4-8H2,1-3H3,(H,15,19)(H,16,17). The van der Waals surface area contributed by atoms with Crippen molar-refractivity contribution in [1.29, 1.82) is 0 Å². The molecule has 0 saturated carbocycles. The van der Waals surface area contributed by atoms with Crippen molar-refractivity contribution in [3.05, 3.63) is 11.4 Å². The van der Waals surface area contributed by atoms with E-state index in [9.17, 15) is 4.79 Å². The number of rotatable bonds is 6. The number of carbonyl (C=O) groups excluding carboxylic acids is 1. The van der Waals surface area contributed by atoms with Gasteiger partial charge in [-0.15, -0.1) is 0 Å². The molecule has 1 aromatic rings. The van der Waals surface area contributed by atoms with Gasteiger partial charge < -0.3 is 10.6 Å². The lowest BCUT2D eigenvalue weighted by molar-refractivity contribution is -0.118. The van der Waals surface area contributed by atoms with Crippen LogP contribution in [0.5, 0.6) is 0 Å². The number of nitrogens with one attached hydrogen (secondary N) is 3. The number of aryl methyl sites for hydroxylation is 2. The van der Waals surface area contributed by atoms with Crippen LogP contribution in [0, 0.1) is 13.8 Å². The first-order chi connectivity index (χ1) is 9.11. The van der Waals surface area contributed by atoms with Gasteiger partial charge in [-0.25, -0.2) is 0 Å². The molecule has 3 N–H and O–H groups in total. The van der Waals surface area contributed by atoms with E-state index in [4.69, 9.17) is 0 Å². The van der Waals surface area contributed by atoms with Crippen molar-refractivity contribution in [3.63, 3.8) is 0 Å². The van der Waals surface area contributed by atoms with Gasteiger partial charge in [0.2, 0.25) is 5.91 Å². The Morgan fingerprint density at radius 3 is 2.68 bits per heavy atom. The topological polar surface area (TPSA) is 73.0 Å². The summed E-state index contributed by atoms with van der Waals surface area (Å²) in [4.78, 5) is 14.4. The SMILES string of the molecule is CCCN(CC(=O)Nc1c(C)n[nH]c1C)C1CNC1. The summed E-state index contributed by atoms with van der Waals surface area (Å²) >= 11 is 0. The normalized spacial score (nSPS) is 15.6. The van der Waals surface area contributed by atoms with E-state index in [0.717, 1.165) is 43.1 Å². The van der Waals surface area contributed by atoms with Crippen LogP contribution in [0.1, 0.15) is 24.7 Å². The van der Waals surface area contributed by atoms with E-state index < -0.39 is 0 Å². The Kier molecular flexibility index (Phi) is 4.55. The van der Waals surface area contributed by atoms with Gasteiger partial charge in [-0.2, -0.15) is 5.10 Å². The van der Waals surface area contributed by atoms with Crippen molar-refractivity contribution in [2.24, 2.45) is 0 Å². The summed E-state index contributed by atoms with van der Waals surface area (Å²) in [6.07, 6.45) is 1.06. The molecule has 1 saturated heterocycles. The van der Waals surface area contributed by atoms with Crippen LogP contribution in [0.4, 0.5) is 5.69 Å². The minimum atomic E-state index is 0.0351. The molecule has 6 heteroatoms. The van der Waals surface area contributed by atoms with Crippen molar-refractivity contribution in [3.8, 4) is 0 Å². The lowest BCUT2D eigenvalue weighted by Crippen LogP contribution is -2.58. The number of nitrogens with zero attached hydrogens (tertiary/aromatic N) is 2. The van der Waals surface area contributed by atoms with Crippen LogP contribution in [-0.2, 0) is 4.79 Å². The van der Waals surface area contributed by atoms with Crippen LogP contribution >= 0.6 is 0 Å². The van der Waals surface area contributed by atoms with Crippen molar-refractivity contribution >= 4 is 11.6 Å². The third-order valence-electron chi connectivity index (χ3n) is 3.53. The maximum absolute atomic E-state index is 12.1. The summed E-state index contributed by atoms with van der Waals surface area (Å²) in [5.41, 5.74) is 2.55. The molecule has 0 aromatic carbocycles. The minimum absolute atomic E-state index is 0.0351. The first-order valence-corrected chi connectivity index (χ1v) is 6.88. The molecule has 1 fully saturated rings. The molecule has 1 aromatic heterocycles. The van der Waals surface area contributed by atoms with E-state index in [1.165, 1.54) is 0 Å². The molecule has 1 amide bonds. The quantitative estimate of drug-likeness (QED) is 0.706. The van der Waals surface area contributed by atoms with Gasteiger partial charge >= 0.3 is 0 Å². The number of carbonyl (C=O) groups is 1. The third kappa shape index (κ3) is 3.33. The zero-order valence-electron chi connectivity index (χ0n) is 11.9. The summed E-state index contributed by atoms with van der Waals surface area (Å²) in [6.45, 7) is 9.32. The molecule has 106 valence electrons. The van der Waals surface area contributed by atoms with Crippen LogP contribution in [0.25, 0.3) is 0 Å². The maximum atomic E-state index is 12.1. The van der Waals surface area contributed by atoms with Crippen LogP contribution in [0.3, 0.4) is 0 Å². The van der Waals surface area contributed by atoms with Crippen LogP contribution in [0.15, 0.2) is 0 Å². The van der Waals surface area contributed by atoms with Crippen LogP contribution in [0.2, 0.25) is 0 Å². The number of amides is 1. The lowest BCUT2D eigenvalue weighted by Gasteiger charge is -2.37. The monoisotopic (exact) mass is 265 g/mol. The van der Waals surface area contributed by atoms with E-state index in [1.807, 2.05) is 13.8 Å². The molecule has 2 heterocycles. The van der Waals surface area contributed by atoms with Crippen molar-refractivity contribution in [2.45, 2.75) is 33.2 Å². The lowest BCUT2D eigenvalue weighted by atomic mass is 10.1. The minimum Gasteiger partial charge on any atom is -0.322 e. The van der Waals surface area contributed by atoms with Gasteiger partial charge in [-0.05, 0) is 26.8 Å². The average Bonchev–Trinajstić information content (AvgIpc) is 2.59. The largest absolute Gasteiger partial charge is 0.322 e. The van der Waals surface area contributed by atoms with E-state index in [2.05, 4.69) is 32.7 Å². The number of aromatic amines is 1. The molecule has 0 atom stereocenters. The fourth-order valence-corrected chi connectivity index (χ4v) is 2.31. The highest BCUT2D eigenvalue weighted by Gasteiger charge is 2.25. The van der Waals surface area contributed by atoms with E-state index in [0.29, 0.717) is 12.6 Å². The molecule has 0 unspecified atom stereocenters. The number of hydrogen-bond acceptors (Lipinski definition) is 4. The number of hydrogen-bond donors (Lipinski definition) is 3. The highest BCUT2D eigenvalue weighted by Crippen LogP contribution is 2.16. The first kappa shape index (κ1) is 14.0. The molecular weight excluding hydrogens is 242 g/mol. The maximum Gasteiger partial charge on any atom is 0.238 e. The van der Waals surface area contributed by atoms with Gasteiger partial charge in [0.15, 0.2) is 0 Å². The number of H-pyrrole nitrogens is 1. The molecule has 0 bridgehead atoms. The van der Waals surface area contributed by atoms with Gasteiger partial charge in [-0.1, -0.05) is 6.92 Å². The predicted molar refractivity (Wildman–Crippen MR) is 75.2 cm³/mol. The Morgan fingerprint density at radius 2 is 2.21 bits per heavy atom. The Labute approximate surface area is 113 Å². The highest BCUT2D eigenvalue weighted by molar-refractivity contribution is 5.93. The molecule has 1 aliphatic heterocycles. The van der Waals surface area contributed by atoms with Crippen molar-refractivity contribution in [2.75, 3.05) is 31.5 Å². The molecule has 0 aliphatic carbocycles. The van der Waals surface area contributed by atoms with Crippen molar-refractivity contribution in [1.82, 2.24) is 20.4 Å². The summed E-state index contributed by atoms with van der Waals surface area (Å²) in [7, 11) is 0. The summed E-state index contributed by atoms with van der Waals surface area (Å²) in [5.74, 6) is 0.0351. The Morgan fingerprint density at radius 1 is 1.47 bits per heavy atom. The van der Waals surface area contributed by atoms with Crippen LogP contribution in [-0.4, -0.2) is 53.2 Å².